The van der Waals surface area contributed by atoms with Crippen LogP contribution < -0.4 is 15.1 Å². The Hall–Kier alpha value is -2.78. The van der Waals surface area contributed by atoms with Gasteiger partial charge in [-0.15, -0.1) is 0 Å². The maximum atomic E-state index is 12.7. The van der Waals surface area contributed by atoms with Gasteiger partial charge in [0.15, 0.2) is 11.6 Å². The largest absolute Gasteiger partial charge is 0.488 e. The first kappa shape index (κ1) is 18.3. The molecule has 1 aromatic rings. The standard InChI is InChI=1S/C19H21ClN6O3/c1-23-19(28)26-11-13(20)14(9-16(26)22-23)25-6-7-29-15-8-12(10-21-17(15)25)18(27)24-4-2-3-5-24/h8-11,16,22H,2-7H2,1H3. The number of fused-ring (bicyclic) bond motifs is 2. The Labute approximate surface area is 173 Å². The maximum absolute atomic E-state index is 12.7. The fourth-order valence-electron chi connectivity index (χ4n) is 4.05. The lowest BCUT2D eigenvalue weighted by Gasteiger charge is -2.34. The average Bonchev–Trinajstić information content (AvgIpc) is 3.36. The molecule has 5 heterocycles. The van der Waals surface area contributed by atoms with Gasteiger partial charge in [-0.2, -0.15) is 0 Å². The molecule has 4 aliphatic heterocycles. The van der Waals surface area contributed by atoms with Crippen molar-refractivity contribution in [2.45, 2.75) is 19.0 Å². The lowest BCUT2D eigenvalue weighted by Crippen LogP contribution is -2.40. The normalized spacial score (nSPS) is 23.5. The van der Waals surface area contributed by atoms with Gasteiger partial charge in [0, 0.05) is 32.5 Å². The Morgan fingerprint density at radius 1 is 1.31 bits per heavy atom. The van der Waals surface area contributed by atoms with Crippen LogP contribution in [0.4, 0.5) is 10.6 Å². The smallest absolute Gasteiger partial charge is 0.339 e. The van der Waals surface area contributed by atoms with Crippen molar-refractivity contribution in [3.8, 4) is 5.75 Å². The van der Waals surface area contributed by atoms with E-state index in [-0.39, 0.29) is 18.1 Å². The highest BCUT2D eigenvalue weighted by atomic mass is 35.5. The molecule has 0 spiro atoms. The van der Waals surface area contributed by atoms with E-state index in [1.54, 1.807) is 30.4 Å². The van der Waals surface area contributed by atoms with Crippen molar-refractivity contribution in [2.75, 3.05) is 38.2 Å². The van der Waals surface area contributed by atoms with E-state index < -0.39 is 0 Å². The molecule has 2 fully saturated rings. The lowest BCUT2D eigenvalue weighted by atomic mass is 10.2. The number of nitrogens with zero attached hydrogens (tertiary/aromatic N) is 5. The first-order valence-corrected chi connectivity index (χ1v) is 10.0. The number of halogens is 1. The summed E-state index contributed by atoms with van der Waals surface area (Å²) in [5, 5.41) is 1.87. The Kier molecular flexibility index (Phi) is 4.36. The second-order valence-corrected chi connectivity index (χ2v) is 7.80. The van der Waals surface area contributed by atoms with E-state index in [2.05, 4.69) is 10.4 Å². The van der Waals surface area contributed by atoms with Crippen molar-refractivity contribution in [3.63, 3.8) is 0 Å². The van der Waals surface area contributed by atoms with Crippen molar-refractivity contribution < 1.29 is 14.3 Å². The number of amides is 3. The van der Waals surface area contributed by atoms with E-state index >= 15 is 0 Å². The number of anilines is 1. The summed E-state index contributed by atoms with van der Waals surface area (Å²) >= 11 is 6.51. The quantitative estimate of drug-likeness (QED) is 0.790. The number of rotatable bonds is 2. The number of pyridine rings is 1. The van der Waals surface area contributed by atoms with Crippen LogP contribution in [0.25, 0.3) is 0 Å². The van der Waals surface area contributed by atoms with E-state index in [4.69, 9.17) is 16.3 Å². The highest BCUT2D eigenvalue weighted by Gasteiger charge is 2.38. The van der Waals surface area contributed by atoms with Crippen molar-refractivity contribution in [1.82, 2.24) is 25.2 Å². The molecule has 1 aromatic heterocycles. The molecule has 29 heavy (non-hydrogen) atoms. The fourth-order valence-corrected chi connectivity index (χ4v) is 4.32. The second-order valence-electron chi connectivity index (χ2n) is 7.40. The Morgan fingerprint density at radius 3 is 2.90 bits per heavy atom. The number of carbonyl (C=O) groups is 2. The molecule has 2 saturated heterocycles. The van der Waals surface area contributed by atoms with Crippen LogP contribution in [0.3, 0.4) is 0 Å². The third kappa shape index (κ3) is 3.01. The van der Waals surface area contributed by atoms with Crippen LogP contribution in [0.5, 0.6) is 5.75 Å². The van der Waals surface area contributed by atoms with Crippen molar-refractivity contribution >= 4 is 29.4 Å². The molecule has 5 rings (SSSR count). The van der Waals surface area contributed by atoms with Gasteiger partial charge >= 0.3 is 6.03 Å². The van der Waals surface area contributed by atoms with Gasteiger partial charge < -0.3 is 14.5 Å². The Morgan fingerprint density at radius 2 is 2.10 bits per heavy atom. The molecule has 0 saturated carbocycles. The van der Waals surface area contributed by atoms with Crippen LogP contribution in [0.2, 0.25) is 0 Å². The highest BCUT2D eigenvalue weighted by molar-refractivity contribution is 6.32. The molecule has 0 aliphatic carbocycles. The summed E-state index contributed by atoms with van der Waals surface area (Å²) in [6, 6.07) is 1.59. The summed E-state index contributed by atoms with van der Waals surface area (Å²) in [5.74, 6) is 1.15. The molecule has 10 heteroatoms. The van der Waals surface area contributed by atoms with Crippen LogP contribution in [-0.4, -0.2) is 71.2 Å². The maximum Gasteiger partial charge on any atom is 0.339 e. The van der Waals surface area contributed by atoms with Crippen LogP contribution in [-0.2, 0) is 0 Å². The molecule has 4 aliphatic rings. The molecular formula is C19H21ClN6O3. The SMILES string of the molecule is CN1NC2C=C(N3CCOc4cc(C(=O)N5CCCC5)cnc43)C(Cl)=CN2C1=O. The van der Waals surface area contributed by atoms with Crippen LogP contribution >= 0.6 is 11.6 Å². The number of nitrogens with one attached hydrogen (secondary N) is 1. The van der Waals surface area contributed by atoms with Crippen molar-refractivity contribution in [3.05, 3.63) is 40.8 Å². The first-order chi connectivity index (χ1) is 14.0. The minimum atomic E-state index is -0.313. The number of aromatic nitrogens is 1. The number of likely N-dealkylation sites (tertiary alicyclic amines) is 1. The van der Waals surface area contributed by atoms with Crippen molar-refractivity contribution in [2.24, 2.45) is 0 Å². The Balaban J connectivity index is 1.45. The number of urea groups is 1. The summed E-state index contributed by atoms with van der Waals surface area (Å²) in [5.41, 5.74) is 4.36. The zero-order valence-electron chi connectivity index (χ0n) is 16.0. The number of allylic oxidation sites excluding steroid dienone is 1. The molecule has 152 valence electrons. The van der Waals surface area contributed by atoms with Crippen LogP contribution in [0.1, 0.15) is 23.2 Å². The van der Waals surface area contributed by atoms with E-state index in [9.17, 15) is 9.59 Å². The third-order valence-electron chi connectivity index (χ3n) is 5.54. The van der Waals surface area contributed by atoms with E-state index in [0.717, 1.165) is 31.6 Å². The predicted molar refractivity (Wildman–Crippen MR) is 106 cm³/mol. The molecular weight excluding hydrogens is 396 g/mol. The number of hydrogen-bond donors (Lipinski definition) is 1. The summed E-state index contributed by atoms with van der Waals surface area (Å²) in [6.07, 6.45) is 6.88. The van der Waals surface area contributed by atoms with Gasteiger partial charge in [0.25, 0.3) is 5.91 Å². The van der Waals surface area contributed by atoms with Crippen molar-refractivity contribution in [1.29, 1.82) is 0 Å². The van der Waals surface area contributed by atoms with E-state index in [0.29, 0.717) is 35.3 Å². The lowest BCUT2D eigenvalue weighted by molar-refractivity contribution is 0.0792. The number of hydrazine groups is 1. The third-order valence-corrected chi connectivity index (χ3v) is 5.83. The molecule has 1 unspecified atom stereocenters. The average molecular weight is 417 g/mol. The summed E-state index contributed by atoms with van der Waals surface area (Å²) in [4.78, 5) is 34.7. The first-order valence-electron chi connectivity index (χ1n) is 9.64. The number of carbonyl (C=O) groups excluding carboxylic acids is 2. The monoisotopic (exact) mass is 416 g/mol. The van der Waals surface area contributed by atoms with Crippen LogP contribution in [0.15, 0.2) is 35.3 Å². The van der Waals surface area contributed by atoms with Gasteiger partial charge in [0.2, 0.25) is 0 Å². The molecule has 0 aromatic carbocycles. The molecule has 1 N–H and O–H groups in total. The Bertz CT molecular complexity index is 942. The summed E-state index contributed by atoms with van der Waals surface area (Å²) in [6.45, 7) is 2.58. The molecule has 9 nitrogen and oxygen atoms in total. The van der Waals surface area contributed by atoms with E-state index in [1.165, 1.54) is 5.01 Å². The minimum Gasteiger partial charge on any atom is -0.488 e. The topological polar surface area (TPSA) is 81.2 Å². The molecule has 3 amide bonds. The number of ether oxygens (including phenoxy) is 1. The highest BCUT2D eigenvalue weighted by Crippen LogP contribution is 2.37. The van der Waals surface area contributed by atoms with Gasteiger partial charge in [-0.3, -0.25) is 14.7 Å². The van der Waals surface area contributed by atoms with Gasteiger partial charge in [0.1, 0.15) is 12.8 Å². The fraction of sp³-hybridized carbons (Fsp3) is 0.421. The number of hydrogen-bond acceptors (Lipinski definition) is 6. The predicted octanol–water partition coefficient (Wildman–Crippen LogP) is 1.69. The molecule has 0 bridgehead atoms. The van der Waals surface area contributed by atoms with E-state index in [1.807, 2.05) is 15.9 Å². The summed E-state index contributed by atoms with van der Waals surface area (Å²) in [7, 11) is 1.67. The summed E-state index contributed by atoms with van der Waals surface area (Å²) < 4.78 is 5.80. The van der Waals surface area contributed by atoms with Gasteiger partial charge in [-0.05, 0) is 25.0 Å². The van der Waals surface area contributed by atoms with Gasteiger partial charge in [0.05, 0.1) is 22.8 Å². The van der Waals surface area contributed by atoms with Gasteiger partial charge in [-0.1, -0.05) is 11.6 Å². The zero-order valence-corrected chi connectivity index (χ0v) is 16.7. The minimum absolute atomic E-state index is 0.0133. The zero-order chi connectivity index (χ0) is 20.1. The van der Waals surface area contributed by atoms with Crippen LogP contribution in [0, 0.1) is 0 Å². The molecule has 1 atom stereocenters. The second kappa shape index (κ2) is 6.93. The molecule has 0 radical (unpaired) electrons. The van der Waals surface area contributed by atoms with Gasteiger partial charge in [-0.25, -0.2) is 15.2 Å².